The van der Waals surface area contributed by atoms with E-state index >= 15 is 0 Å². The highest BCUT2D eigenvalue weighted by molar-refractivity contribution is 6.04. The number of hydrogen-bond acceptors (Lipinski definition) is 2. The second kappa shape index (κ2) is 5.37. The number of aromatic nitrogens is 1. The molecule has 1 heterocycles. The van der Waals surface area contributed by atoms with E-state index in [1.54, 1.807) is 19.2 Å². The molecule has 0 saturated heterocycles. The molecule has 4 nitrogen and oxygen atoms in total. The molecule has 0 atom stereocenters. The van der Waals surface area contributed by atoms with Crippen LogP contribution in [0, 0.1) is 5.82 Å². The second-order valence-electron chi connectivity index (χ2n) is 6.16. The lowest BCUT2D eigenvalue weighted by atomic mass is 9.94. The summed E-state index contributed by atoms with van der Waals surface area (Å²) in [6.07, 6.45) is 3.50. The van der Waals surface area contributed by atoms with E-state index in [2.05, 4.69) is 10.3 Å². The molecule has 0 radical (unpaired) electrons. The van der Waals surface area contributed by atoms with Crippen LogP contribution in [0.4, 0.5) is 10.1 Å². The molecule has 0 aliphatic heterocycles. The highest BCUT2D eigenvalue weighted by Gasteiger charge is 2.52. The summed E-state index contributed by atoms with van der Waals surface area (Å²) in [6.45, 7) is 0. The van der Waals surface area contributed by atoms with Gasteiger partial charge in [0.1, 0.15) is 11.6 Å². The van der Waals surface area contributed by atoms with Gasteiger partial charge in [0.05, 0.1) is 12.5 Å². The Morgan fingerprint density at radius 1 is 1.21 bits per heavy atom. The van der Waals surface area contributed by atoms with Crippen LogP contribution in [0.2, 0.25) is 0 Å². The van der Waals surface area contributed by atoms with E-state index in [1.807, 2.05) is 24.4 Å². The fourth-order valence-corrected chi connectivity index (χ4v) is 3.15. The van der Waals surface area contributed by atoms with Crippen molar-refractivity contribution in [1.82, 2.24) is 4.98 Å². The SMILES string of the molecule is COc1ccc2[nH]cc(C3(C(=O)Nc4ccc(F)cc4)CC3)c2c1. The number of fused-ring (bicyclic) bond motifs is 1. The van der Waals surface area contributed by atoms with Crippen molar-refractivity contribution in [2.75, 3.05) is 12.4 Å². The number of carbonyl (C=O) groups excluding carboxylic acids is 1. The summed E-state index contributed by atoms with van der Waals surface area (Å²) in [4.78, 5) is 16.1. The summed E-state index contributed by atoms with van der Waals surface area (Å²) >= 11 is 0. The molecule has 1 aliphatic carbocycles. The van der Waals surface area contributed by atoms with Crippen LogP contribution in [0.3, 0.4) is 0 Å². The summed E-state index contributed by atoms with van der Waals surface area (Å²) in [5, 5.41) is 3.90. The van der Waals surface area contributed by atoms with Crippen LogP contribution < -0.4 is 10.1 Å². The Bertz CT molecular complexity index is 911. The van der Waals surface area contributed by atoms with Crippen molar-refractivity contribution < 1.29 is 13.9 Å². The number of benzene rings is 2. The number of halogens is 1. The minimum atomic E-state index is -0.529. The molecular weight excluding hydrogens is 307 g/mol. The fourth-order valence-electron chi connectivity index (χ4n) is 3.15. The predicted octanol–water partition coefficient (Wildman–Crippen LogP) is 3.99. The fraction of sp³-hybridized carbons (Fsp3) is 0.211. The Morgan fingerprint density at radius 3 is 2.62 bits per heavy atom. The number of amides is 1. The zero-order chi connectivity index (χ0) is 16.7. The van der Waals surface area contributed by atoms with Crippen LogP contribution in [0.5, 0.6) is 5.75 Å². The number of nitrogens with one attached hydrogen (secondary N) is 2. The Labute approximate surface area is 138 Å². The van der Waals surface area contributed by atoms with Crippen molar-refractivity contribution in [1.29, 1.82) is 0 Å². The molecule has 1 aliphatic rings. The van der Waals surface area contributed by atoms with E-state index < -0.39 is 5.41 Å². The number of aromatic amines is 1. The largest absolute Gasteiger partial charge is 0.497 e. The normalized spacial score (nSPS) is 15.2. The van der Waals surface area contributed by atoms with Crippen LogP contribution >= 0.6 is 0 Å². The van der Waals surface area contributed by atoms with Gasteiger partial charge < -0.3 is 15.0 Å². The Hall–Kier alpha value is -2.82. The van der Waals surface area contributed by atoms with Gasteiger partial charge in [-0.2, -0.15) is 0 Å². The Kier molecular flexibility index (Phi) is 3.30. The standard InChI is InChI=1S/C19H17FN2O2/c1-24-14-6-7-17-15(10-14)16(11-21-17)19(8-9-19)18(23)22-13-4-2-12(20)3-5-13/h2-7,10-11,21H,8-9H2,1H3,(H,22,23). The monoisotopic (exact) mass is 324 g/mol. The molecule has 0 unspecified atom stereocenters. The molecule has 5 heteroatoms. The molecule has 2 N–H and O–H groups in total. The van der Waals surface area contributed by atoms with Gasteiger partial charge in [-0.15, -0.1) is 0 Å². The van der Waals surface area contributed by atoms with Crippen LogP contribution in [0.1, 0.15) is 18.4 Å². The molecule has 0 bridgehead atoms. The first kappa shape index (κ1) is 14.8. The van der Waals surface area contributed by atoms with Gasteiger partial charge in [0.15, 0.2) is 0 Å². The van der Waals surface area contributed by atoms with Gasteiger partial charge in [-0.05, 0) is 60.9 Å². The lowest BCUT2D eigenvalue weighted by Gasteiger charge is -2.15. The van der Waals surface area contributed by atoms with Gasteiger partial charge in [-0.3, -0.25) is 4.79 Å². The first-order valence-electron chi connectivity index (χ1n) is 7.85. The molecular formula is C19H17FN2O2. The van der Waals surface area contributed by atoms with Crippen molar-refractivity contribution in [2.24, 2.45) is 0 Å². The minimum absolute atomic E-state index is 0.0576. The first-order chi connectivity index (χ1) is 11.6. The number of methoxy groups -OCH3 is 1. The molecule has 4 rings (SSSR count). The summed E-state index contributed by atoms with van der Waals surface area (Å²) in [7, 11) is 1.63. The molecule has 1 saturated carbocycles. The summed E-state index contributed by atoms with van der Waals surface area (Å²) in [5.74, 6) is 0.383. The predicted molar refractivity (Wildman–Crippen MR) is 90.8 cm³/mol. The third kappa shape index (κ3) is 2.33. The Balaban J connectivity index is 1.67. The van der Waals surface area contributed by atoms with E-state index in [9.17, 15) is 9.18 Å². The van der Waals surface area contributed by atoms with Gasteiger partial charge in [-0.25, -0.2) is 4.39 Å². The average Bonchev–Trinajstić information content (AvgIpc) is 3.30. The smallest absolute Gasteiger partial charge is 0.235 e. The molecule has 0 spiro atoms. The highest BCUT2D eigenvalue weighted by atomic mass is 19.1. The molecule has 24 heavy (non-hydrogen) atoms. The lowest BCUT2D eigenvalue weighted by Crippen LogP contribution is -2.27. The Morgan fingerprint density at radius 2 is 1.96 bits per heavy atom. The van der Waals surface area contributed by atoms with Gasteiger partial charge >= 0.3 is 0 Å². The number of carbonyl (C=O) groups is 1. The number of anilines is 1. The zero-order valence-corrected chi connectivity index (χ0v) is 13.2. The topological polar surface area (TPSA) is 54.1 Å². The van der Waals surface area contributed by atoms with Crippen LogP contribution in [-0.4, -0.2) is 18.0 Å². The third-order valence-electron chi connectivity index (χ3n) is 4.69. The molecule has 1 fully saturated rings. The van der Waals surface area contributed by atoms with E-state index in [-0.39, 0.29) is 11.7 Å². The quantitative estimate of drug-likeness (QED) is 0.762. The molecule has 3 aromatic rings. The van der Waals surface area contributed by atoms with E-state index in [0.29, 0.717) is 5.69 Å². The van der Waals surface area contributed by atoms with Gasteiger partial charge in [0, 0.05) is 22.8 Å². The maximum atomic E-state index is 13.0. The van der Waals surface area contributed by atoms with Crippen LogP contribution in [0.25, 0.3) is 10.9 Å². The van der Waals surface area contributed by atoms with Crippen molar-refractivity contribution in [3.8, 4) is 5.75 Å². The molecule has 1 aromatic heterocycles. The van der Waals surface area contributed by atoms with E-state index in [1.165, 1.54) is 12.1 Å². The maximum absolute atomic E-state index is 13.0. The summed E-state index contributed by atoms with van der Waals surface area (Å²) in [5.41, 5.74) is 2.03. The van der Waals surface area contributed by atoms with Crippen molar-refractivity contribution >= 4 is 22.5 Å². The zero-order valence-electron chi connectivity index (χ0n) is 13.2. The van der Waals surface area contributed by atoms with Crippen molar-refractivity contribution in [3.63, 3.8) is 0 Å². The maximum Gasteiger partial charge on any atom is 0.235 e. The number of H-pyrrole nitrogens is 1. The van der Waals surface area contributed by atoms with Gasteiger partial charge in [0.2, 0.25) is 5.91 Å². The summed E-state index contributed by atoms with van der Waals surface area (Å²) < 4.78 is 18.3. The molecule has 1 amide bonds. The lowest BCUT2D eigenvalue weighted by molar-refractivity contribution is -0.118. The van der Waals surface area contributed by atoms with Crippen LogP contribution in [-0.2, 0) is 10.2 Å². The number of ether oxygens (including phenoxy) is 1. The van der Waals surface area contributed by atoms with Crippen molar-refractivity contribution in [3.05, 3.63) is 60.0 Å². The average molecular weight is 324 g/mol. The van der Waals surface area contributed by atoms with E-state index in [0.717, 1.165) is 35.1 Å². The first-order valence-corrected chi connectivity index (χ1v) is 7.85. The van der Waals surface area contributed by atoms with Crippen molar-refractivity contribution in [2.45, 2.75) is 18.3 Å². The minimum Gasteiger partial charge on any atom is -0.497 e. The second-order valence-corrected chi connectivity index (χ2v) is 6.16. The third-order valence-corrected chi connectivity index (χ3v) is 4.69. The molecule has 122 valence electrons. The highest BCUT2D eigenvalue weighted by Crippen LogP contribution is 2.51. The summed E-state index contributed by atoms with van der Waals surface area (Å²) in [6, 6.07) is 11.6. The number of hydrogen-bond donors (Lipinski definition) is 2. The van der Waals surface area contributed by atoms with E-state index in [4.69, 9.17) is 4.74 Å². The molecule has 2 aromatic carbocycles. The number of rotatable bonds is 4. The van der Waals surface area contributed by atoms with Gasteiger partial charge in [0.25, 0.3) is 0 Å². The van der Waals surface area contributed by atoms with Crippen LogP contribution in [0.15, 0.2) is 48.7 Å². The van der Waals surface area contributed by atoms with Gasteiger partial charge in [-0.1, -0.05) is 0 Å².